The minimum atomic E-state index is -0.798. The lowest BCUT2D eigenvalue weighted by atomic mass is 9.97. The number of nitrogens with one attached hydrogen (secondary N) is 3. The Kier molecular flexibility index (Phi) is 17.2. The zero-order valence-corrected chi connectivity index (χ0v) is 32.1. The van der Waals surface area contributed by atoms with E-state index in [1.165, 1.54) is 59.4 Å². The fourth-order valence-electron chi connectivity index (χ4n) is 7.22. The van der Waals surface area contributed by atoms with Gasteiger partial charge in [0.15, 0.2) is 23.3 Å². The summed E-state index contributed by atoms with van der Waals surface area (Å²) in [6.45, 7) is 6.49. The highest BCUT2D eigenvalue weighted by Gasteiger charge is 2.39. The molecule has 0 aromatic heterocycles. The molecule has 12 heteroatoms. The Bertz CT molecular complexity index is 1580. The van der Waals surface area contributed by atoms with Crippen LogP contribution in [0.3, 0.4) is 0 Å². The van der Waals surface area contributed by atoms with Crippen molar-refractivity contribution in [2.75, 3.05) is 19.6 Å². The molecule has 4 nitrogen and oxygen atoms in total. The lowest BCUT2D eigenvalue weighted by Crippen LogP contribution is -2.35. The van der Waals surface area contributed by atoms with Crippen molar-refractivity contribution >= 4 is 49.6 Å². The van der Waals surface area contributed by atoms with Gasteiger partial charge in [-0.3, -0.25) is 4.90 Å². The first kappa shape index (κ1) is 44.0. The van der Waals surface area contributed by atoms with E-state index in [4.69, 9.17) is 0 Å². The van der Waals surface area contributed by atoms with Crippen LogP contribution in [-0.4, -0.2) is 36.6 Å². The molecule has 1 aliphatic heterocycles. The molecule has 3 fully saturated rings. The van der Waals surface area contributed by atoms with Gasteiger partial charge in [0.1, 0.15) is 0 Å². The normalized spacial score (nSPS) is 20.6. The van der Waals surface area contributed by atoms with Crippen LogP contribution in [0.5, 0.6) is 0 Å². The van der Waals surface area contributed by atoms with E-state index in [9.17, 15) is 17.6 Å². The van der Waals surface area contributed by atoms with Gasteiger partial charge in [-0.25, -0.2) is 17.6 Å². The van der Waals surface area contributed by atoms with Crippen LogP contribution in [0.4, 0.5) is 17.6 Å². The lowest BCUT2D eigenvalue weighted by molar-refractivity contribution is 0.191. The fraction of sp³-hybridized carbons (Fsp3) is 0.400. The molecular formula is C40H48Cl4F4N4. The zero-order chi connectivity index (χ0) is 33.0. The Hall–Kier alpha value is -2.40. The summed E-state index contributed by atoms with van der Waals surface area (Å²) in [5.74, 6) is -2.00. The SMILES string of the molecule is Cl.Cl.Cl.Cl.Fc1ccc([C@@H]2C[C@H]2NCc2ccc(CN(Cc3ccc(CN[C@@H]4C[C@H]4c4ccc(F)c(F)c4)cc3)CC3CCNCC3)cc2)cc1F. The van der Waals surface area contributed by atoms with Gasteiger partial charge in [-0.1, -0.05) is 60.7 Å². The van der Waals surface area contributed by atoms with Crippen molar-refractivity contribution in [1.82, 2.24) is 20.9 Å². The maximum atomic E-state index is 13.7. The van der Waals surface area contributed by atoms with Crippen molar-refractivity contribution in [2.24, 2.45) is 5.92 Å². The summed E-state index contributed by atoms with van der Waals surface area (Å²) >= 11 is 0. The van der Waals surface area contributed by atoms with Crippen LogP contribution in [0, 0.1) is 29.2 Å². The monoisotopic (exact) mass is 800 g/mol. The van der Waals surface area contributed by atoms with Gasteiger partial charge in [0.25, 0.3) is 0 Å². The molecular weight excluding hydrogens is 754 g/mol. The molecule has 2 aliphatic carbocycles. The first-order valence-corrected chi connectivity index (χ1v) is 17.3. The number of rotatable bonds is 14. The number of benzene rings is 4. The summed E-state index contributed by atoms with van der Waals surface area (Å²) in [6, 6.07) is 26.7. The van der Waals surface area contributed by atoms with Gasteiger partial charge in [-0.2, -0.15) is 0 Å². The largest absolute Gasteiger partial charge is 0.317 e. The minimum absolute atomic E-state index is 0. The average molecular weight is 803 g/mol. The van der Waals surface area contributed by atoms with Gasteiger partial charge in [0.2, 0.25) is 0 Å². The highest BCUT2D eigenvalue weighted by Crippen LogP contribution is 2.42. The van der Waals surface area contributed by atoms with E-state index in [1.54, 1.807) is 12.1 Å². The van der Waals surface area contributed by atoms with Crippen LogP contribution in [0.1, 0.15) is 70.9 Å². The van der Waals surface area contributed by atoms with Gasteiger partial charge in [0, 0.05) is 56.6 Å². The Balaban J connectivity index is 0.00000182. The molecule has 0 bridgehead atoms. The smallest absolute Gasteiger partial charge is 0.159 e. The number of hydrogen-bond acceptors (Lipinski definition) is 4. The summed E-state index contributed by atoms with van der Waals surface area (Å²) < 4.78 is 53.9. The van der Waals surface area contributed by atoms with Gasteiger partial charge in [-0.15, -0.1) is 49.6 Å². The number of hydrogen-bond donors (Lipinski definition) is 3. The standard InChI is InChI=1S/C40H44F4N4.4ClH/c41-35-11-9-31(17-37(35)43)33-19-39(33)46-21-26-1-5-28(6-2-26)23-48(25-30-13-15-45-16-14-30)24-29-7-3-27(4-8-29)22-47-40-20-34(40)32-10-12-36(42)38(44)18-32;;;;/h1-12,17-18,30,33-34,39-40,45-47H,13-16,19-25H2;4*1H/t33-,34-,39+,40+;;;;/m0..../s1. The van der Waals surface area contributed by atoms with Crippen LogP contribution in [0.2, 0.25) is 0 Å². The van der Waals surface area contributed by atoms with Crippen LogP contribution in [-0.2, 0) is 26.2 Å². The topological polar surface area (TPSA) is 39.3 Å². The van der Waals surface area contributed by atoms with Gasteiger partial charge < -0.3 is 16.0 Å². The van der Waals surface area contributed by atoms with Crippen molar-refractivity contribution in [1.29, 1.82) is 0 Å². The number of piperidine rings is 1. The highest BCUT2D eigenvalue weighted by molar-refractivity contribution is 5.86. The van der Waals surface area contributed by atoms with Crippen molar-refractivity contribution < 1.29 is 17.6 Å². The molecule has 2 saturated carbocycles. The molecule has 0 unspecified atom stereocenters. The van der Waals surface area contributed by atoms with E-state index in [-0.39, 0.29) is 73.5 Å². The Morgan fingerprint density at radius 3 is 1.35 bits per heavy atom. The second-order valence-electron chi connectivity index (χ2n) is 14.0. The molecule has 0 amide bonds. The minimum Gasteiger partial charge on any atom is -0.317 e. The third-order valence-electron chi connectivity index (χ3n) is 10.3. The van der Waals surface area contributed by atoms with Gasteiger partial charge in [0.05, 0.1) is 0 Å². The molecule has 3 aliphatic rings. The van der Waals surface area contributed by atoms with E-state index in [0.29, 0.717) is 5.92 Å². The molecule has 3 N–H and O–H groups in total. The summed E-state index contributed by atoms with van der Waals surface area (Å²) in [5.41, 5.74) is 6.72. The molecule has 1 heterocycles. The molecule has 4 aromatic carbocycles. The van der Waals surface area contributed by atoms with E-state index < -0.39 is 23.3 Å². The Morgan fingerprint density at radius 2 is 0.942 bits per heavy atom. The molecule has 0 spiro atoms. The molecule has 4 aromatic rings. The lowest BCUT2D eigenvalue weighted by Gasteiger charge is -2.30. The third kappa shape index (κ3) is 11.8. The summed E-state index contributed by atoms with van der Waals surface area (Å²) in [4.78, 5) is 2.57. The molecule has 1 saturated heterocycles. The molecule has 7 rings (SSSR count). The van der Waals surface area contributed by atoms with Gasteiger partial charge in [-0.05, 0) is 102 Å². The van der Waals surface area contributed by atoms with Crippen molar-refractivity contribution in [3.8, 4) is 0 Å². The van der Waals surface area contributed by atoms with Crippen molar-refractivity contribution in [2.45, 2.75) is 75.8 Å². The van der Waals surface area contributed by atoms with E-state index in [2.05, 4.69) is 69.4 Å². The molecule has 4 atom stereocenters. The van der Waals surface area contributed by atoms with Gasteiger partial charge >= 0.3 is 0 Å². The molecule has 52 heavy (non-hydrogen) atoms. The maximum absolute atomic E-state index is 13.7. The molecule has 0 radical (unpaired) electrons. The summed E-state index contributed by atoms with van der Waals surface area (Å²) in [5, 5.41) is 10.6. The van der Waals surface area contributed by atoms with E-state index in [0.717, 1.165) is 69.8 Å². The second-order valence-corrected chi connectivity index (χ2v) is 14.0. The van der Waals surface area contributed by atoms with Crippen LogP contribution < -0.4 is 16.0 Å². The quantitative estimate of drug-likeness (QED) is 0.111. The van der Waals surface area contributed by atoms with E-state index in [1.807, 2.05) is 0 Å². The first-order valence-electron chi connectivity index (χ1n) is 17.3. The summed E-state index contributed by atoms with van der Waals surface area (Å²) in [7, 11) is 0. The predicted octanol–water partition coefficient (Wildman–Crippen LogP) is 9.22. The fourth-order valence-corrected chi connectivity index (χ4v) is 7.22. The number of nitrogens with zero attached hydrogens (tertiary/aromatic N) is 1. The predicted molar refractivity (Wildman–Crippen MR) is 210 cm³/mol. The van der Waals surface area contributed by atoms with Crippen LogP contribution in [0.25, 0.3) is 0 Å². The zero-order valence-electron chi connectivity index (χ0n) is 28.8. The third-order valence-corrected chi connectivity index (χ3v) is 10.3. The average Bonchev–Trinajstić information content (AvgIpc) is 4.03. The van der Waals surface area contributed by atoms with Crippen molar-refractivity contribution in [3.63, 3.8) is 0 Å². The number of halogens is 8. The second kappa shape index (κ2) is 20.3. The Labute approximate surface area is 329 Å². The van der Waals surface area contributed by atoms with Crippen LogP contribution in [0.15, 0.2) is 84.9 Å². The van der Waals surface area contributed by atoms with Crippen LogP contribution >= 0.6 is 49.6 Å². The van der Waals surface area contributed by atoms with Crippen molar-refractivity contribution in [3.05, 3.63) is 142 Å². The first-order chi connectivity index (χ1) is 23.4. The maximum Gasteiger partial charge on any atom is 0.159 e. The van der Waals surface area contributed by atoms with E-state index >= 15 is 0 Å². The molecule has 284 valence electrons. The summed E-state index contributed by atoms with van der Waals surface area (Å²) in [6.07, 6.45) is 4.27. The Morgan fingerprint density at radius 1 is 0.538 bits per heavy atom. The highest BCUT2D eigenvalue weighted by atomic mass is 35.5.